The molecule has 0 spiro atoms. The minimum atomic E-state index is 0.917. The van der Waals surface area contributed by atoms with Crippen molar-refractivity contribution in [2.24, 2.45) is 0 Å². The number of hydrogen-bond donors (Lipinski definition) is 1. The molecule has 104 valence electrons. The van der Waals surface area contributed by atoms with Crippen molar-refractivity contribution in [2.75, 3.05) is 44.2 Å². The molecule has 0 aromatic carbocycles. The Morgan fingerprint density at radius 3 is 2.89 bits per heavy atom. The summed E-state index contributed by atoms with van der Waals surface area (Å²) in [5.74, 6) is 0.928. The highest BCUT2D eigenvalue weighted by Gasteiger charge is 2.20. The van der Waals surface area contributed by atoms with Gasteiger partial charge in [0.1, 0.15) is 0 Å². The average Bonchev–Trinajstić information content (AvgIpc) is 2.48. The monoisotopic (exact) mass is 261 g/mol. The normalized spacial score (nSPS) is 20.4. The van der Waals surface area contributed by atoms with Crippen molar-refractivity contribution >= 4 is 5.95 Å². The smallest absolute Gasteiger partial charge is 0.225 e. The minimum absolute atomic E-state index is 0.917. The molecule has 0 amide bonds. The summed E-state index contributed by atoms with van der Waals surface area (Å²) in [5.41, 5.74) is 2.50. The summed E-state index contributed by atoms with van der Waals surface area (Å²) in [5, 5.41) is 3.36. The lowest BCUT2D eigenvalue weighted by atomic mass is 10.1. The van der Waals surface area contributed by atoms with E-state index in [4.69, 9.17) is 4.98 Å². The molecule has 5 heteroatoms. The highest BCUT2D eigenvalue weighted by Crippen LogP contribution is 2.16. The number of anilines is 1. The Morgan fingerprint density at radius 2 is 2.11 bits per heavy atom. The molecule has 19 heavy (non-hydrogen) atoms. The maximum Gasteiger partial charge on any atom is 0.225 e. The van der Waals surface area contributed by atoms with Crippen molar-refractivity contribution in [3.8, 4) is 0 Å². The van der Waals surface area contributed by atoms with Gasteiger partial charge in [-0.15, -0.1) is 0 Å². The van der Waals surface area contributed by atoms with Gasteiger partial charge < -0.3 is 10.2 Å². The number of aromatic nitrogens is 2. The highest BCUT2D eigenvalue weighted by molar-refractivity contribution is 5.34. The van der Waals surface area contributed by atoms with Gasteiger partial charge in [-0.2, -0.15) is 0 Å². The largest absolute Gasteiger partial charge is 0.338 e. The average molecular weight is 261 g/mol. The van der Waals surface area contributed by atoms with Gasteiger partial charge in [-0.1, -0.05) is 6.92 Å². The van der Waals surface area contributed by atoms with Crippen LogP contribution in [0.3, 0.4) is 0 Å². The van der Waals surface area contributed by atoms with Gasteiger partial charge in [0, 0.05) is 57.4 Å². The standard InChI is InChI=1S/C14H23N5/c1-2-5-18-6-8-19(9-7-18)14-16-11-12-10-15-4-3-13(12)17-14/h11,15H,2-10H2,1H3. The van der Waals surface area contributed by atoms with Crippen LogP contribution in [0.1, 0.15) is 24.6 Å². The summed E-state index contributed by atoms with van der Waals surface area (Å²) in [6.07, 6.45) is 4.27. The van der Waals surface area contributed by atoms with E-state index in [1.54, 1.807) is 0 Å². The van der Waals surface area contributed by atoms with Gasteiger partial charge in [0.15, 0.2) is 0 Å². The molecular weight excluding hydrogens is 238 g/mol. The summed E-state index contributed by atoms with van der Waals surface area (Å²) < 4.78 is 0. The third kappa shape index (κ3) is 2.87. The van der Waals surface area contributed by atoms with Crippen molar-refractivity contribution in [1.82, 2.24) is 20.2 Å². The lowest BCUT2D eigenvalue weighted by Gasteiger charge is -2.34. The van der Waals surface area contributed by atoms with Gasteiger partial charge in [-0.3, -0.25) is 4.90 Å². The molecule has 0 saturated carbocycles. The van der Waals surface area contributed by atoms with E-state index in [1.165, 1.54) is 24.2 Å². The van der Waals surface area contributed by atoms with E-state index in [0.29, 0.717) is 0 Å². The molecule has 5 nitrogen and oxygen atoms in total. The predicted molar refractivity (Wildman–Crippen MR) is 76.4 cm³/mol. The van der Waals surface area contributed by atoms with Crippen LogP contribution >= 0.6 is 0 Å². The molecule has 3 heterocycles. The van der Waals surface area contributed by atoms with Crippen molar-refractivity contribution in [3.05, 3.63) is 17.5 Å². The summed E-state index contributed by atoms with van der Waals surface area (Å²) in [6.45, 7) is 9.78. The van der Waals surface area contributed by atoms with Crippen molar-refractivity contribution in [3.63, 3.8) is 0 Å². The van der Waals surface area contributed by atoms with Crippen molar-refractivity contribution in [2.45, 2.75) is 26.3 Å². The number of nitrogens with one attached hydrogen (secondary N) is 1. The number of fused-ring (bicyclic) bond motifs is 1. The van der Waals surface area contributed by atoms with Crippen LogP contribution in [0.4, 0.5) is 5.95 Å². The van der Waals surface area contributed by atoms with Gasteiger partial charge >= 0.3 is 0 Å². The van der Waals surface area contributed by atoms with Crippen LogP contribution in [-0.4, -0.2) is 54.1 Å². The van der Waals surface area contributed by atoms with Gasteiger partial charge in [0.05, 0.1) is 5.69 Å². The molecule has 1 aromatic heterocycles. The molecule has 0 aliphatic carbocycles. The zero-order valence-corrected chi connectivity index (χ0v) is 11.7. The van der Waals surface area contributed by atoms with Crippen LogP contribution in [-0.2, 0) is 13.0 Å². The van der Waals surface area contributed by atoms with Crippen LogP contribution in [0.5, 0.6) is 0 Å². The highest BCUT2D eigenvalue weighted by atomic mass is 15.3. The molecule has 0 radical (unpaired) electrons. The molecule has 2 aliphatic rings. The van der Waals surface area contributed by atoms with Gasteiger partial charge in [0.2, 0.25) is 5.95 Å². The third-order valence-corrected chi connectivity index (χ3v) is 3.99. The molecular formula is C14H23N5. The number of rotatable bonds is 3. The Kier molecular flexibility index (Phi) is 3.94. The molecule has 2 aliphatic heterocycles. The maximum absolute atomic E-state index is 4.76. The minimum Gasteiger partial charge on any atom is -0.338 e. The fourth-order valence-electron chi connectivity index (χ4n) is 2.87. The maximum atomic E-state index is 4.76. The molecule has 0 atom stereocenters. The van der Waals surface area contributed by atoms with E-state index >= 15 is 0 Å². The first-order valence-corrected chi connectivity index (χ1v) is 7.39. The van der Waals surface area contributed by atoms with E-state index in [1.807, 2.05) is 6.20 Å². The first-order valence-electron chi connectivity index (χ1n) is 7.39. The van der Waals surface area contributed by atoms with Gasteiger partial charge in [-0.05, 0) is 13.0 Å². The first-order chi connectivity index (χ1) is 9.36. The number of nitrogens with zero attached hydrogens (tertiary/aromatic N) is 4. The summed E-state index contributed by atoms with van der Waals surface area (Å²) in [6, 6.07) is 0. The van der Waals surface area contributed by atoms with Gasteiger partial charge in [0.25, 0.3) is 0 Å². The van der Waals surface area contributed by atoms with Crippen LogP contribution in [0.15, 0.2) is 6.20 Å². The first kappa shape index (κ1) is 12.8. The van der Waals surface area contributed by atoms with E-state index in [2.05, 4.69) is 27.0 Å². The second kappa shape index (κ2) is 5.84. The third-order valence-electron chi connectivity index (χ3n) is 3.99. The summed E-state index contributed by atoms with van der Waals surface area (Å²) >= 11 is 0. The van der Waals surface area contributed by atoms with Crippen molar-refractivity contribution < 1.29 is 0 Å². The Bertz CT molecular complexity index is 426. The molecule has 3 rings (SSSR count). The lowest BCUT2D eigenvalue weighted by Crippen LogP contribution is -2.47. The topological polar surface area (TPSA) is 44.3 Å². The second-order valence-corrected chi connectivity index (χ2v) is 5.40. The fraction of sp³-hybridized carbons (Fsp3) is 0.714. The Labute approximate surface area is 115 Å². The lowest BCUT2D eigenvalue weighted by molar-refractivity contribution is 0.257. The van der Waals surface area contributed by atoms with Crippen LogP contribution < -0.4 is 10.2 Å². The van der Waals surface area contributed by atoms with E-state index in [9.17, 15) is 0 Å². The summed E-state index contributed by atoms with van der Waals surface area (Å²) in [7, 11) is 0. The van der Waals surface area contributed by atoms with E-state index in [-0.39, 0.29) is 0 Å². The second-order valence-electron chi connectivity index (χ2n) is 5.40. The molecule has 1 fully saturated rings. The molecule has 1 aromatic rings. The molecule has 1 saturated heterocycles. The van der Waals surface area contributed by atoms with Crippen molar-refractivity contribution in [1.29, 1.82) is 0 Å². The zero-order valence-electron chi connectivity index (χ0n) is 11.7. The summed E-state index contributed by atoms with van der Waals surface area (Å²) in [4.78, 5) is 14.2. The Balaban J connectivity index is 1.66. The number of piperazine rings is 1. The van der Waals surface area contributed by atoms with Crippen LogP contribution in [0.25, 0.3) is 0 Å². The van der Waals surface area contributed by atoms with Gasteiger partial charge in [-0.25, -0.2) is 9.97 Å². The molecule has 0 bridgehead atoms. The van der Waals surface area contributed by atoms with Crippen LogP contribution in [0.2, 0.25) is 0 Å². The van der Waals surface area contributed by atoms with E-state index in [0.717, 1.165) is 51.6 Å². The Hall–Kier alpha value is -1.20. The SMILES string of the molecule is CCCN1CCN(c2ncc3c(n2)CCNC3)CC1. The predicted octanol–water partition coefficient (Wildman–Crippen LogP) is 0.654. The van der Waals surface area contributed by atoms with E-state index < -0.39 is 0 Å². The quantitative estimate of drug-likeness (QED) is 0.866. The molecule has 1 N–H and O–H groups in total. The molecule has 0 unspecified atom stereocenters. The fourth-order valence-corrected chi connectivity index (χ4v) is 2.87. The van der Waals surface area contributed by atoms with Crippen LogP contribution in [0, 0.1) is 0 Å². The Morgan fingerprint density at radius 1 is 1.26 bits per heavy atom. The number of hydrogen-bond acceptors (Lipinski definition) is 5. The zero-order chi connectivity index (χ0) is 13.1.